The molecule has 4 bridgehead atoms. The summed E-state index contributed by atoms with van der Waals surface area (Å²) < 4.78 is 0. The second-order valence-corrected chi connectivity index (χ2v) is 19.8. The maximum Gasteiger partial charge on any atom is 0.243 e. The van der Waals surface area contributed by atoms with Crippen LogP contribution in [0.4, 0.5) is 0 Å². The van der Waals surface area contributed by atoms with E-state index in [0.29, 0.717) is 12.3 Å². The van der Waals surface area contributed by atoms with Gasteiger partial charge in [0.15, 0.2) is 0 Å². The maximum atomic E-state index is 15.2. The smallest absolute Gasteiger partial charge is 0.243 e. The van der Waals surface area contributed by atoms with E-state index in [-0.39, 0.29) is 29.4 Å². The molecule has 1 heterocycles. The fourth-order valence-electron chi connectivity index (χ4n) is 12.1. The molecule has 5 heteroatoms. The van der Waals surface area contributed by atoms with Crippen LogP contribution in [0, 0.1) is 23.7 Å². The van der Waals surface area contributed by atoms with Gasteiger partial charge in [0, 0.05) is 18.0 Å². The normalized spacial score (nSPS) is 24.5. The highest BCUT2D eigenvalue weighted by molar-refractivity contribution is 5.88. The van der Waals surface area contributed by atoms with Gasteiger partial charge in [-0.1, -0.05) is 169 Å². The molecule has 1 atom stereocenters. The van der Waals surface area contributed by atoms with Crippen LogP contribution < -0.4 is 5.32 Å². The number of carbonyl (C=O) groups excluding carboxylic acids is 2. The molecule has 2 amide bonds. The molecule has 55 heavy (non-hydrogen) atoms. The molecule has 1 unspecified atom stereocenters. The molecule has 0 aromatic carbocycles. The lowest BCUT2D eigenvalue weighted by Crippen LogP contribution is -2.65. The van der Waals surface area contributed by atoms with Gasteiger partial charge in [0.1, 0.15) is 6.04 Å². The SMILES string of the molecule is CCCCCCCCCCCCCCCC(=O)N(C(CCCCCCC)CCCCCCC)C(C(=O)NC12CC3CC(CC(C3)C1)C2)C1CCN(CC)CC1. The summed E-state index contributed by atoms with van der Waals surface area (Å²) in [7, 11) is 0. The monoisotopic (exact) mass is 768 g/mol. The molecule has 0 radical (unpaired) electrons. The van der Waals surface area contributed by atoms with Gasteiger partial charge in [0.2, 0.25) is 11.8 Å². The topological polar surface area (TPSA) is 52.7 Å². The maximum absolute atomic E-state index is 15.2. The van der Waals surface area contributed by atoms with E-state index in [2.05, 4.69) is 42.8 Å². The number of hydrogen-bond donors (Lipinski definition) is 1. The zero-order valence-electron chi connectivity index (χ0n) is 37.3. The van der Waals surface area contributed by atoms with Crippen molar-refractivity contribution < 1.29 is 9.59 Å². The second kappa shape index (κ2) is 26.8. The zero-order valence-corrected chi connectivity index (χ0v) is 37.3. The van der Waals surface area contributed by atoms with E-state index in [1.54, 1.807) is 0 Å². The Kier molecular flexibility index (Phi) is 22.7. The number of carbonyl (C=O) groups is 2. The van der Waals surface area contributed by atoms with E-state index in [1.807, 2.05) is 0 Å². The van der Waals surface area contributed by atoms with Gasteiger partial charge in [-0.05, 0) is 114 Å². The number of unbranched alkanes of at least 4 members (excludes halogenated alkanes) is 20. The van der Waals surface area contributed by atoms with Crippen molar-refractivity contribution in [3.8, 4) is 0 Å². The highest BCUT2D eigenvalue weighted by Crippen LogP contribution is 2.55. The Morgan fingerprint density at radius 1 is 0.582 bits per heavy atom. The minimum atomic E-state index is -0.308. The van der Waals surface area contributed by atoms with E-state index < -0.39 is 0 Å². The first-order valence-electron chi connectivity index (χ1n) is 25.3. The summed E-state index contributed by atoms with van der Waals surface area (Å²) in [6.45, 7) is 12.4. The Hall–Kier alpha value is -1.10. The Bertz CT molecular complexity index is 971. The van der Waals surface area contributed by atoms with E-state index in [9.17, 15) is 4.79 Å². The Morgan fingerprint density at radius 2 is 0.982 bits per heavy atom. The summed E-state index contributed by atoms with van der Waals surface area (Å²) in [6, 6.07) is -0.119. The van der Waals surface area contributed by atoms with Gasteiger partial charge in [-0.25, -0.2) is 0 Å². The standard InChI is InChI=1S/C50H93N3O2/c1-5-9-12-15-16-17-18-19-20-21-22-25-28-31-47(54)53(46(29-26-23-13-10-6-2)30-27-24-14-11-7-3)48(45-32-34-52(8-4)35-33-45)49(55)51-50-39-42-36-43(40-50)38-44(37-42)41-50/h42-46,48H,5-41H2,1-4H3,(H,51,55). The summed E-state index contributed by atoms with van der Waals surface area (Å²) in [6.07, 6.45) is 42.2. The molecule has 1 N–H and O–H groups in total. The number of nitrogens with one attached hydrogen (secondary N) is 1. The fraction of sp³-hybridized carbons (Fsp3) is 0.960. The third kappa shape index (κ3) is 16.2. The zero-order chi connectivity index (χ0) is 39.1. The molecule has 1 aliphatic heterocycles. The van der Waals surface area contributed by atoms with Crippen LogP contribution in [-0.4, -0.2) is 58.9 Å². The van der Waals surface area contributed by atoms with Crippen molar-refractivity contribution in [3.05, 3.63) is 0 Å². The third-order valence-corrected chi connectivity index (χ3v) is 15.0. The molecule has 5 aliphatic rings. The van der Waals surface area contributed by atoms with Crippen molar-refractivity contribution in [2.45, 2.75) is 264 Å². The van der Waals surface area contributed by atoms with Gasteiger partial charge in [-0.3, -0.25) is 9.59 Å². The summed E-state index contributed by atoms with van der Waals surface area (Å²) in [5.41, 5.74) is -0.0201. The minimum Gasteiger partial charge on any atom is -0.349 e. The highest BCUT2D eigenvalue weighted by Gasteiger charge is 2.53. The number of amides is 2. The quantitative estimate of drug-likeness (QED) is 0.0694. The number of hydrogen-bond acceptors (Lipinski definition) is 3. The molecule has 320 valence electrons. The van der Waals surface area contributed by atoms with Crippen LogP contribution in [0.1, 0.15) is 246 Å². The summed E-state index contributed by atoms with van der Waals surface area (Å²) in [4.78, 5) is 35.1. The predicted molar refractivity (Wildman–Crippen MR) is 235 cm³/mol. The van der Waals surface area contributed by atoms with Crippen molar-refractivity contribution in [1.29, 1.82) is 0 Å². The van der Waals surface area contributed by atoms with Crippen LogP contribution >= 0.6 is 0 Å². The fourth-order valence-corrected chi connectivity index (χ4v) is 12.1. The molecular weight excluding hydrogens is 675 g/mol. The van der Waals surface area contributed by atoms with E-state index in [4.69, 9.17) is 0 Å². The summed E-state index contributed by atoms with van der Waals surface area (Å²) in [5, 5.41) is 3.88. The molecule has 4 aliphatic carbocycles. The second-order valence-electron chi connectivity index (χ2n) is 19.8. The molecule has 5 nitrogen and oxygen atoms in total. The predicted octanol–water partition coefficient (Wildman–Crippen LogP) is 13.6. The molecule has 5 rings (SSSR count). The lowest BCUT2D eigenvalue weighted by Gasteiger charge is -2.57. The summed E-state index contributed by atoms with van der Waals surface area (Å²) in [5.74, 6) is 3.19. The van der Waals surface area contributed by atoms with E-state index in [1.165, 1.54) is 173 Å². The molecule has 0 aromatic rings. The van der Waals surface area contributed by atoms with E-state index in [0.717, 1.165) is 75.9 Å². The third-order valence-electron chi connectivity index (χ3n) is 15.0. The molecule has 0 spiro atoms. The number of rotatable bonds is 32. The lowest BCUT2D eigenvalue weighted by atomic mass is 9.53. The van der Waals surface area contributed by atoms with Gasteiger partial charge < -0.3 is 15.1 Å². The van der Waals surface area contributed by atoms with Crippen LogP contribution in [-0.2, 0) is 9.59 Å². The first kappa shape index (κ1) is 46.6. The number of piperidine rings is 1. The lowest BCUT2D eigenvalue weighted by molar-refractivity contribution is -0.149. The molecule has 0 aromatic heterocycles. The number of likely N-dealkylation sites (tertiary alicyclic amines) is 1. The molecule has 1 saturated heterocycles. The van der Waals surface area contributed by atoms with E-state index >= 15 is 4.79 Å². The first-order valence-corrected chi connectivity index (χ1v) is 25.3. The van der Waals surface area contributed by atoms with Crippen molar-refractivity contribution in [1.82, 2.24) is 15.1 Å². The molecular formula is C50H93N3O2. The summed E-state index contributed by atoms with van der Waals surface area (Å²) >= 11 is 0. The average molecular weight is 768 g/mol. The van der Waals surface area contributed by atoms with Crippen molar-refractivity contribution in [2.75, 3.05) is 19.6 Å². The Labute approximate surface area is 342 Å². The van der Waals surface area contributed by atoms with Gasteiger partial charge in [0.25, 0.3) is 0 Å². The van der Waals surface area contributed by atoms with Crippen LogP contribution in [0.3, 0.4) is 0 Å². The van der Waals surface area contributed by atoms with Crippen molar-refractivity contribution in [2.24, 2.45) is 23.7 Å². The van der Waals surface area contributed by atoms with Gasteiger partial charge in [-0.2, -0.15) is 0 Å². The van der Waals surface area contributed by atoms with Gasteiger partial charge in [-0.15, -0.1) is 0 Å². The van der Waals surface area contributed by atoms with Crippen LogP contribution in [0.15, 0.2) is 0 Å². The van der Waals surface area contributed by atoms with Crippen LogP contribution in [0.5, 0.6) is 0 Å². The van der Waals surface area contributed by atoms with Crippen molar-refractivity contribution in [3.63, 3.8) is 0 Å². The molecule has 4 saturated carbocycles. The number of nitrogens with zero attached hydrogens (tertiary/aromatic N) is 2. The first-order chi connectivity index (χ1) is 26.9. The molecule has 5 fully saturated rings. The largest absolute Gasteiger partial charge is 0.349 e. The van der Waals surface area contributed by atoms with Crippen LogP contribution in [0.2, 0.25) is 0 Å². The Balaban J connectivity index is 1.46. The van der Waals surface area contributed by atoms with Crippen molar-refractivity contribution >= 4 is 11.8 Å². The highest BCUT2D eigenvalue weighted by atomic mass is 16.2. The van der Waals surface area contributed by atoms with Gasteiger partial charge >= 0.3 is 0 Å². The van der Waals surface area contributed by atoms with Gasteiger partial charge in [0.05, 0.1) is 0 Å². The minimum absolute atomic E-state index is 0.0201. The Morgan fingerprint density at radius 3 is 1.40 bits per heavy atom. The van der Waals surface area contributed by atoms with Crippen LogP contribution in [0.25, 0.3) is 0 Å². The average Bonchev–Trinajstić information content (AvgIpc) is 3.17.